The van der Waals surface area contributed by atoms with Crippen molar-refractivity contribution >= 4 is 22.7 Å². The topological polar surface area (TPSA) is 110 Å². The second kappa shape index (κ2) is 6.33. The molecule has 0 saturated heterocycles. The highest BCUT2D eigenvalue weighted by atomic mass is 16.6. The zero-order valence-corrected chi connectivity index (χ0v) is 11.4. The lowest BCUT2D eigenvalue weighted by Crippen LogP contribution is -2.29. The Bertz CT molecular complexity index is 595. The van der Waals surface area contributed by atoms with Crippen molar-refractivity contribution < 1.29 is 4.92 Å². The summed E-state index contributed by atoms with van der Waals surface area (Å²) in [5.41, 5.74) is 7.12. The largest absolute Gasteiger partial charge is 0.352 e. The summed E-state index contributed by atoms with van der Waals surface area (Å²) in [5, 5.41) is 14.0. The quantitative estimate of drug-likeness (QED) is 0.531. The molecule has 0 radical (unpaired) electrons. The maximum absolute atomic E-state index is 10.7. The molecule has 0 aliphatic carbocycles. The Kier molecular flexibility index (Phi) is 4.52. The minimum Gasteiger partial charge on any atom is -0.352 e. The average molecular weight is 277 g/mol. The van der Waals surface area contributed by atoms with Gasteiger partial charge < -0.3 is 16.0 Å². The molecule has 1 heterocycles. The Morgan fingerprint density at radius 3 is 3.00 bits per heavy atom. The Morgan fingerprint density at radius 2 is 2.35 bits per heavy atom. The number of non-ortho nitro benzene ring substituents is 1. The number of benzene rings is 1. The molecule has 0 saturated carbocycles. The highest BCUT2D eigenvalue weighted by Gasteiger charge is 2.12. The molecule has 0 aliphatic heterocycles. The number of anilines is 1. The Labute approximate surface area is 116 Å². The van der Waals surface area contributed by atoms with Crippen LogP contribution in [0.2, 0.25) is 0 Å². The van der Waals surface area contributed by atoms with Gasteiger partial charge in [0.05, 0.1) is 16.0 Å². The summed E-state index contributed by atoms with van der Waals surface area (Å²) in [6, 6.07) is 4.73. The average Bonchev–Trinajstić information content (AvgIpc) is 2.84. The van der Waals surface area contributed by atoms with Gasteiger partial charge in [0, 0.05) is 24.7 Å². The number of aromatic nitrogens is 2. The molecule has 1 atom stereocenters. The minimum atomic E-state index is -0.419. The third-order valence-electron chi connectivity index (χ3n) is 3.21. The molecule has 1 aromatic heterocycles. The van der Waals surface area contributed by atoms with Crippen molar-refractivity contribution in [1.29, 1.82) is 0 Å². The molecule has 108 valence electrons. The number of nitro benzene ring substituents is 1. The van der Waals surface area contributed by atoms with E-state index in [0.717, 1.165) is 19.3 Å². The summed E-state index contributed by atoms with van der Waals surface area (Å²) in [4.78, 5) is 17.7. The van der Waals surface area contributed by atoms with Crippen LogP contribution < -0.4 is 11.1 Å². The van der Waals surface area contributed by atoms with E-state index in [-0.39, 0.29) is 11.7 Å². The molecule has 4 N–H and O–H groups in total. The highest BCUT2D eigenvalue weighted by Crippen LogP contribution is 2.21. The second-order valence-electron chi connectivity index (χ2n) is 4.76. The van der Waals surface area contributed by atoms with E-state index in [0.29, 0.717) is 23.5 Å². The molecule has 2 rings (SSSR count). The number of hydrogen-bond acceptors (Lipinski definition) is 5. The summed E-state index contributed by atoms with van der Waals surface area (Å²) in [5.74, 6) is 0.604. The third kappa shape index (κ3) is 3.24. The van der Waals surface area contributed by atoms with Crippen LogP contribution in [0.5, 0.6) is 0 Å². The van der Waals surface area contributed by atoms with E-state index in [1.807, 2.05) is 0 Å². The minimum absolute atomic E-state index is 0.0501. The number of H-pyrrole nitrogens is 1. The first-order chi connectivity index (χ1) is 9.63. The van der Waals surface area contributed by atoms with E-state index in [9.17, 15) is 10.1 Å². The van der Waals surface area contributed by atoms with Crippen LogP contribution in [0.3, 0.4) is 0 Å². The van der Waals surface area contributed by atoms with Gasteiger partial charge >= 0.3 is 0 Å². The van der Waals surface area contributed by atoms with Crippen molar-refractivity contribution in [1.82, 2.24) is 9.97 Å². The van der Waals surface area contributed by atoms with Gasteiger partial charge in [-0.05, 0) is 12.5 Å². The normalized spacial score (nSPS) is 12.5. The van der Waals surface area contributed by atoms with E-state index < -0.39 is 4.92 Å². The fourth-order valence-corrected chi connectivity index (χ4v) is 2.07. The van der Waals surface area contributed by atoms with Crippen molar-refractivity contribution in [2.24, 2.45) is 5.73 Å². The van der Waals surface area contributed by atoms with E-state index in [4.69, 9.17) is 5.73 Å². The van der Waals surface area contributed by atoms with Crippen LogP contribution in [0.1, 0.15) is 26.2 Å². The van der Waals surface area contributed by atoms with Gasteiger partial charge in [-0.1, -0.05) is 19.8 Å². The zero-order chi connectivity index (χ0) is 14.5. The monoisotopic (exact) mass is 277 g/mol. The fourth-order valence-electron chi connectivity index (χ4n) is 2.07. The zero-order valence-electron chi connectivity index (χ0n) is 11.4. The van der Waals surface area contributed by atoms with Crippen molar-refractivity contribution in [3.8, 4) is 0 Å². The number of nitro groups is 1. The summed E-state index contributed by atoms with van der Waals surface area (Å²) in [7, 11) is 0. The molecule has 0 fully saturated rings. The number of nitrogens with zero attached hydrogens (tertiary/aromatic N) is 2. The maximum Gasteiger partial charge on any atom is 0.271 e. The SMILES string of the molecule is CCCCC(CN)Nc1nc2ccc([N+](=O)[O-])cc2[nH]1. The predicted molar refractivity (Wildman–Crippen MR) is 78.7 cm³/mol. The molecule has 0 spiro atoms. The molecule has 2 aromatic rings. The molecule has 0 amide bonds. The van der Waals surface area contributed by atoms with Gasteiger partial charge in [-0.2, -0.15) is 0 Å². The summed E-state index contributed by atoms with van der Waals surface area (Å²) < 4.78 is 0. The smallest absolute Gasteiger partial charge is 0.271 e. The van der Waals surface area contributed by atoms with Crippen LogP contribution in [0.25, 0.3) is 11.0 Å². The van der Waals surface area contributed by atoms with E-state index >= 15 is 0 Å². The van der Waals surface area contributed by atoms with Crippen LogP contribution in [-0.4, -0.2) is 27.5 Å². The van der Waals surface area contributed by atoms with E-state index in [1.165, 1.54) is 12.1 Å². The first-order valence-electron chi connectivity index (χ1n) is 6.74. The molecule has 7 nitrogen and oxygen atoms in total. The van der Waals surface area contributed by atoms with Crippen molar-refractivity contribution in [3.05, 3.63) is 28.3 Å². The van der Waals surface area contributed by atoms with Gasteiger partial charge in [0.1, 0.15) is 0 Å². The van der Waals surface area contributed by atoms with E-state index in [2.05, 4.69) is 22.2 Å². The summed E-state index contributed by atoms with van der Waals surface area (Å²) in [6.07, 6.45) is 3.19. The number of nitrogens with two attached hydrogens (primary N) is 1. The molecule has 7 heteroatoms. The number of imidazole rings is 1. The van der Waals surface area contributed by atoms with Crippen LogP contribution in [0.4, 0.5) is 11.6 Å². The van der Waals surface area contributed by atoms with Crippen molar-refractivity contribution in [3.63, 3.8) is 0 Å². The predicted octanol–water partition coefficient (Wildman–Crippen LogP) is 2.40. The number of unbranched alkanes of at least 4 members (excludes halogenated alkanes) is 1. The number of nitrogens with one attached hydrogen (secondary N) is 2. The lowest BCUT2D eigenvalue weighted by molar-refractivity contribution is -0.384. The number of aromatic amines is 1. The van der Waals surface area contributed by atoms with Crippen molar-refractivity contribution in [2.75, 3.05) is 11.9 Å². The van der Waals surface area contributed by atoms with E-state index in [1.54, 1.807) is 6.07 Å². The molecular weight excluding hydrogens is 258 g/mol. The molecule has 1 unspecified atom stereocenters. The summed E-state index contributed by atoms with van der Waals surface area (Å²) >= 11 is 0. The Hall–Kier alpha value is -2.15. The lowest BCUT2D eigenvalue weighted by Gasteiger charge is -2.15. The molecule has 0 aliphatic rings. The van der Waals surface area contributed by atoms with Gasteiger partial charge in [-0.3, -0.25) is 10.1 Å². The maximum atomic E-state index is 10.7. The first kappa shape index (κ1) is 14.3. The fraction of sp³-hybridized carbons (Fsp3) is 0.462. The van der Waals surface area contributed by atoms with Gasteiger partial charge in [0.25, 0.3) is 5.69 Å². The number of fused-ring (bicyclic) bond motifs is 1. The molecular formula is C13H19N5O2. The van der Waals surface area contributed by atoms with Gasteiger partial charge in [0.2, 0.25) is 5.95 Å². The Morgan fingerprint density at radius 1 is 1.55 bits per heavy atom. The van der Waals surface area contributed by atoms with Gasteiger partial charge in [-0.25, -0.2) is 4.98 Å². The third-order valence-corrected chi connectivity index (χ3v) is 3.21. The number of hydrogen-bond donors (Lipinski definition) is 3. The molecule has 20 heavy (non-hydrogen) atoms. The lowest BCUT2D eigenvalue weighted by atomic mass is 10.1. The Balaban J connectivity index is 2.16. The standard InChI is InChI=1S/C13H19N5O2/c1-2-3-4-9(8-14)15-13-16-11-6-5-10(18(19)20)7-12(11)17-13/h5-7,9H,2-4,8,14H2,1H3,(H2,15,16,17). The second-order valence-corrected chi connectivity index (χ2v) is 4.76. The van der Waals surface area contributed by atoms with Crippen molar-refractivity contribution in [2.45, 2.75) is 32.2 Å². The highest BCUT2D eigenvalue weighted by molar-refractivity contribution is 5.79. The van der Waals surface area contributed by atoms with Crippen LogP contribution >= 0.6 is 0 Å². The molecule has 0 bridgehead atoms. The first-order valence-corrected chi connectivity index (χ1v) is 6.74. The van der Waals surface area contributed by atoms with Gasteiger partial charge in [0.15, 0.2) is 0 Å². The summed E-state index contributed by atoms with van der Waals surface area (Å²) in [6.45, 7) is 2.66. The number of rotatable bonds is 7. The molecule has 1 aromatic carbocycles. The van der Waals surface area contributed by atoms with Crippen LogP contribution in [0.15, 0.2) is 18.2 Å². The van der Waals surface area contributed by atoms with Crippen LogP contribution in [0, 0.1) is 10.1 Å². The van der Waals surface area contributed by atoms with Crippen LogP contribution in [-0.2, 0) is 0 Å². The van der Waals surface area contributed by atoms with Gasteiger partial charge in [-0.15, -0.1) is 0 Å².